The van der Waals surface area contributed by atoms with Crippen LogP contribution in [0.1, 0.15) is 43.4 Å². The lowest BCUT2D eigenvalue weighted by atomic mass is 9.89. The number of benzene rings is 2. The van der Waals surface area contributed by atoms with Crippen molar-refractivity contribution in [2.75, 3.05) is 6.54 Å². The molecule has 3 rings (SSSR count). The van der Waals surface area contributed by atoms with Crippen molar-refractivity contribution >= 4 is 23.2 Å². The van der Waals surface area contributed by atoms with Crippen molar-refractivity contribution in [2.45, 2.75) is 36.5 Å². The van der Waals surface area contributed by atoms with Crippen LogP contribution in [0.5, 0.6) is 0 Å². The number of rotatable bonds is 3. The highest BCUT2D eigenvalue weighted by Crippen LogP contribution is 2.47. The van der Waals surface area contributed by atoms with E-state index in [9.17, 15) is 10.1 Å². The Bertz CT molecular complexity index is 906. The summed E-state index contributed by atoms with van der Waals surface area (Å²) in [6.07, 6.45) is 0. The van der Waals surface area contributed by atoms with Crippen LogP contribution in [0.4, 0.5) is 0 Å². The second-order valence-corrected chi connectivity index (χ2v) is 7.31. The lowest BCUT2D eigenvalue weighted by Crippen LogP contribution is -2.25. The number of hydrogen-bond acceptors (Lipinski definition) is 3. The van der Waals surface area contributed by atoms with Crippen LogP contribution in [-0.2, 0) is 4.79 Å². The molecule has 4 heteroatoms. The van der Waals surface area contributed by atoms with Gasteiger partial charge < -0.3 is 5.32 Å². The first-order chi connectivity index (χ1) is 12.1. The van der Waals surface area contributed by atoms with Gasteiger partial charge in [-0.25, -0.2) is 0 Å². The summed E-state index contributed by atoms with van der Waals surface area (Å²) < 4.78 is 0. The summed E-state index contributed by atoms with van der Waals surface area (Å²) in [5.74, 6) is 0.0614. The molecule has 1 amide bonds. The molecule has 25 heavy (non-hydrogen) atoms. The molecule has 1 N–H and O–H groups in total. The SMILES string of the molecule is CCNC(=O)/C(C#N)=C1\c2ccccc2Sc2ccc(C(C)C)cc21. The van der Waals surface area contributed by atoms with E-state index in [2.05, 4.69) is 43.4 Å². The van der Waals surface area contributed by atoms with E-state index in [0.29, 0.717) is 12.5 Å². The Hall–Kier alpha value is -2.51. The van der Waals surface area contributed by atoms with Gasteiger partial charge in [-0.1, -0.05) is 49.9 Å². The molecule has 0 saturated carbocycles. The normalized spacial score (nSPS) is 14.4. The minimum atomic E-state index is -0.317. The molecule has 2 aromatic rings. The number of nitrogens with zero attached hydrogens (tertiary/aromatic N) is 1. The van der Waals surface area contributed by atoms with E-state index < -0.39 is 0 Å². The van der Waals surface area contributed by atoms with Gasteiger partial charge in [0.25, 0.3) is 5.91 Å². The number of likely N-dealkylation sites (N-methyl/N-ethyl adjacent to an activating group) is 1. The molecular formula is C21H20N2OS. The maximum absolute atomic E-state index is 12.5. The number of amides is 1. The Balaban J connectivity index is 2.32. The van der Waals surface area contributed by atoms with Gasteiger partial charge in [0, 0.05) is 21.9 Å². The van der Waals surface area contributed by atoms with Crippen LogP contribution < -0.4 is 5.32 Å². The molecule has 0 unspecified atom stereocenters. The number of carbonyl (C=O) groups is 1. The van der Waals surface area contributed by atoms with Crippen molar-refractivity contribution in [3.8, 4) is 6.07 Å². The first-order valence-electron chi connectivity index (χ1n) is 8.41. The van der Waals surface area contributed by atoms with Crippen molar-refractivity contribution in [3.05, 3.63) is 64.7 Å². The van der Waals surface area contributed by atoms with E-state index in [-0.39, 0.29) is 11.5 Å². The second kappa shape index (κ2) is 7.16. The number of nitriles is 1. The van der Waals surface area contributed by atoms with E-state index in [1.54, 1.807) is 11.8 Å². The monoisotopic (exact) mass is 348 g/mol. The molecule has 0 saturated heterocycles. The summed E-state index contributed by atoms with van der Waals surface area (Å²) in [5.41, 5.74) is 4.03. The molecule has 0 radical (unpaired) electrons. The predicted molar refractivity (Wildman–Crippen MR) is 101 cm³/mol. The maximum atomic E-state index is 12.5. The molecule has 1 aliphatic rings. The van der Waals surface area contributed by atoms with Crippen LogP contribution in [0, 0.1) is 11.3 Å². The standard InChI is InChI=1S/C21H20N2OS/c1-4-23-21(24)17(12-22)20-15-7-5-6-8-18(15)25-19-10-9-14(13(2)3)11-16(19)20/h5-11,13H,4H2,1-3H3,(H,23,24)/b20-17+. The zero-order valence-corrected chi connectivity index (χ0v) is 15.4. The van der Waals surface area contributed by atoms with Gasteiger partial charge in [-0.3, -0.25) is 4.79 Å². The Morgan fingerprint density at radius 3 is 2.56 bits per heavy atom. The Labute approximate surface area is 152 Å². The van der Waals surface area contributed by atoms with E-state index in [4.69, 9.17) is 0 Å². The first kappa shape index (κ1) is 17.3. The number of nitrogens with one attached hydrogen (secondary N) is 1. The minimum Gasteiger partial charge on any atom is -0.352 e. The smallest absolute Gasteiger partial charge is 0.262 e. The number of carbonyl (C=O) groups excluding carboxylic acids is 1. The third kappa shape index (κ3) is 3.20. The summed E-state index contributed by atoms with van der Waals surface area (Å²) >= 11 is 1.68. The van der Waals surface area contributed by atoms with E-state index in [0.717, 1.165) is 26.5 Å². The van der Waals surface area contributed by atoms with E-state index in [1.165, 1.54) is 5.56 Å². The zero-order valence-electron chi connectivity index (χ0n) is 14.6. The van der Waals surface area contributed by atoms with Crippen LogP contribution in [0.3, 0.4) is 0 Å². The summed E-state index contributed by atoms with van der Waals surface area (Å²) in [6, 6.07) is 16.4. The average molecular weight is 348 g/mol. The molecule has 0 atom stereocenters. The van der Waals surface area contributed by atoms with Crippen LogP contribution in [-0.4, -0.2) is 12.5 Å². The van der Waals surface area contributed by atoms with E-state index >= 15 is 0 Å². The van der Waals surface area contributed by atoms with Crippen LogP contribution in [0.25, 0.3) is 5.57 Å². The molecule has 2 aromatic carbocycles. The third-order valence-corrected chi connectivity index (χ3v) is 5.39. The Kier molecular flexibility index (Phi) is 4.96. The highest BCUT2D eigenvalue weighted by Gasteiger charge is 2.27. The molecule has 0 bridgehead atoms. The first-order valence-corrected chi connectivity index (χ1v) is 9.22. The van der Waals surface area contributed by atoms with Crippen molar-refractivity contribution in [2.24, 2.45) is 0 Å². The largest absolute Gasteiger partial charge is 0.352 e. The molecule has 1 heterocycles. The number of fused-ring (bicyclic) bond motifs is 2. The lowest BCUT2D eigenvalue weighted by molar-refractivity contribution is -0.116. The average Bonchev–Trinajstić information content (AvgIpc) is 2.61. The molecule has 1 aliphatic heterocycles. The summed E-state index contributed by atoms with van der Waals surface area (Å²) in [4.78, 5) is 14.7. The zero-order chi connectivity index (χ0) is 18.0. The maximum Gasteiger partial charge on any atom is 0.262 e. The van der Waals surface area contributed by atoms with Gasteiger partial charge in [0.2, 0.25) is 0 Å². The molecule has 0 spiro atoms. The molecule has 0 aromatic heterocycles. The summed E-state index contributed by atoms with van der Waals surface area (Å²) in [7, 11) is 0. The fraction of sp³-hybridized carbons (Fsp3) is 0.238. The van der Waals surface area contributed by atoms with Crippen molar-refractivity contribution in [3.63, 3.8) is 0 Å². The minimum absolute atomic E-state index is 0.178. The highest BCUT2D eigenvalue weighted by atomic mass is 32.2. The van der Waals surface area contributed by atoms with Crippen LogP contribution in [0.15, 0.2) is 57.8 Å². The fourth-order valence-electron chi connectivity index (χ4n) is 2.96. The van der Waals surface area contributed by atoms with Gasteiger partial charge in [0.15, 0.2) is 0 Å². The molecular weight excluding hydrogens is 328 g/mol. The van der Waals surface area contributed by atoms with Gasteiger partial charge in [-0.2, -0.15) is 5.26 Å². The van der Waals surface area contributed by atoms with Crippen LogP contribution >= 0.6 is 11.8 Å². The van der Waals surface area contributed by atoms with E-state index in [1.807, 2.05) is 31.2 Å². The van der Waals surface area contributed by atoms with Gasteiger partial charge in [0.05, 0.1) is 0 Å². The van der Waals surface area contributed by atoms with Gasteiger partial charge in [-0.05, 0) is 47.7 Å². The third-order valence-electron chi connectivity index (χ3n) is 4.24. The summed E-state index contributed by atoms with van der Waals surface area (Å²) in [5, 5.41) is 12.5. The van der Waals surface area contributed by atoms with Gasteiger partial charge in [0.1, 0.15) is 11.6 Å². The van der Waals surface area contributed by atoms with Crippen molar-refractivity contribution < 1.29 is 4.79 Å². The van der Waals surface area contributed by atoms with Crippen molar-refractivity contribution in [1.82, 2.24) is 5.32 Å². The Morgan fingerprint density at radius 2 is 1.88 bits per heavy atom. The highest BCUT2D eigenvalue weighted by molar-refractivity contribution is 7.99. The molecule has 0 fully saturated rings. The van der Waals surface area contributed by atoms with Crippen molar-refractivity contribution in [1.29, 1.82) is 5.26 Å². The predicted octanol–water partition coefficient (Wildman–Crippen LogP) is 4.74. The lowest BCUT2D eigenvalue weighted by Gasteiger charge is -2.24. The quantitative estimate of drug-likeness (QED) is 0.549. The fourth-order valence-corrected chi connectivity index (χ4v) is 4.03. The number of hydrogen-bond donors (Lipinski definition) is 1. The molecule has 0 aliphatic carbocycles. The topological polar surface area (TPSA) is 52.9 Å². The molecule has 126 valence electrons. The van der Waals surface area contributed by atoms with Crippen LogP contribution in [0.2, 0.25) is 0 Å². The van der Waals surface area contributed by atoms with Gasteiger partial charge in [-0.15, -0.1) is 0 Å². The van der Waals surface area contributed by atoms with Gasteiger partial charge >= 0.3 is 0 Å². The Morgan fingerprint density at radius 1 is 1.16 bits per heavy atom. The second-order valence-electron chi connectivity index (χ2n) is 6.23. The summed E-state index contributed by atoms with van der Waals surface area (Å²) in [6.45, 7) is 6.63. The molecule has 3 nitrogen and oxygen atoms in total.